The van der Waals surface area contributed by atoms with Crippen molar-refractivity contribution in [2.75, 3.05) is 12.3 Å². The van der Waals surface area contributed by atoms with E-state index in [1.807, 2.05) is 0 Å². The number of rotatable bonds is 10. The van der Waals surface area contributed by atoms with Crippen LogP contribution in [0.4, 0.5) is 0 Å². The van der Waals surface area contributed by atoms with Crippen LogP contribution in [0.15, 0.2) is 18.2 Å². The molecule has 1 atom stereocenters. The molecular formula is C19H33P. The van der Waals surface area contributed by atoms with Crippen LogP contribution in [0.2, 0.25) is 0 Å². The second kappa shape index (κ2) is 10.4. The molecule has 0 fully saturated rings. The standard InChI is InChI=1S/C19H33P/c1-5-7-9-11-16-20(15-10-8-6-2)19-14-12-13-17(3)18(19)4/h12-14H,5-11,15-16H2,1-4H3. The summed E-state index contributed by atoms with van der Waals surface area (Å²) >= 11 is 0. The van der Waals surface area contributed by atoms with E-state index in [0.29, 0.717) is 0 Å². The number of unbranched alkanes of at least 4 members (excludes halogenated alkanes) is 5. The maximum Gasteiger partial charge on any atom is -0.0209 e. The van der Waals surface area contributed by atoms with Crippen LogP contribution < -0.4 is 5.30 Å². The van der Waals surface area contributed by atoms with Crippen LogP contribution in [0.5, 0.6) is 0 Å². The number of hydrogen-bond donors (Lipinski definition) is 0. The molecule has 0 radical (unpaired) electrons. The van der Waals surface area contributed by atoms with Crippen molar-refractivity contribution in [1.29, 1.82) is 0 Å². The van der Waals surface area contributed by atoms with Crippen LogP contribution >= 0.6 is 7.92 Å². The molecule has 0 N–H and O–H groups in total. The van der Waals surface area contributed by atoms with Gasteiger partial charge in [-0.1, -0.05) is 72.1 Å². The second-order valence-electron chi connectivity index (χ2n) is 5.97. The van der Waals surface area contributed by atoms with Gasteiger partial charge in [0.1, 0.15) is 0 Å². The molecule has 0 aliphatic carbocycles. The highest BCUT2D eigenvalue weighted by atomic mass is 31.1. The predicted octanol–water partition coefficient (Wildman–Crippen LogP) is 6.18. The van der Waals surface area contributed by atoms with Crippen molar-refractivity contribution >= 4 is 13.2 Å². The van der Waals surface area contributed by atoms with E-state index in [9.17, 15) is 0 Å². The van der Waals surface area contributed by atoms with Crippen molar-refractivity contribution in [1.82, 2.24) is 0 Å². The van der Waals surface area contributed by atoms with Gasteiger partial charge in [0.15, 0.2) is 0 Å². The maximum atomic E-state index is 2.40. The molecule has 0 spiro atoms. The minimum absolute atomic E-state index is 0.0790. The van der Waals surface area contributed by atoms with E-state index in [0.717, 1.165) is 0 Å². The van der Waals surface area contributed by atoms with Crippen molar-refractivity contribution in [3.8, 4) is 0 Å². The third kappa shape index (κ3) is 5.96. The first kappa shape index (κ1) is 17.7. The fourth-order valence-electron chi connectivity index (χ4n) is 2.71. The first-order chi connectivity index (χ1) is 9.70. The molecule has 0 heterocycles. The summed E-state index contributed by atoms with van der Waals surface area (Å²) in [5, 5.41) is 1.69. The first-order valence-corrected chi connectivity index (χ1v) is 10.2. The zero-order chi connectivity index (χ0) is 14.8. The fourth-order valence-corrected chi connectivity index (χ4v) is 5.58. The van der Waals surface area contributed by atoms with E-state index in [4.69, 9.17) is 0 Å². The monoisotopic (exact) mass is 292 g/mol. The minimum Gasteiger partial charge on any atom is -0.0750 e. The summed E-state index contributed by atoms with van der Waals surface area (Å²) in [6, 6.07) is 6.92. The van der Waals surface area contributed by atoms with Crippen molar-refractivity contribution < 1.29 is 0 Å². The molecule has 1 rings (SSSR count). The molecule has 114 valence electrons. The van der Waals surface area contributed by atoms with E-state index >= 15 is 0 Å². The molecule has 0 saturated heterocycles. The average Bonchev–Trinajstić information content (AvgIpc) is 2.45. The Morgan fingerprint density at radius 3 is 2.05 bits per heavy atom. The molecule has 20 heavy (non-hydrogen) atoms. The summed E-state index contributed by atoms with van der Waals surface area (Å²) in [7, 11) is 0.0790. The topological polar surface area (TPSA) is 0 Å². The Balaban J connectivity index is 2.67. The molecule has 0 bridgehead atoms. The molecule has 0 saturated carbocycles. The summed E-state index contributed by atoms with van der Waals surface area (Å²) in [4.78, 5) is 0. The van der Waals surface area contributed by atoms with Gasteiger partial charge in [0.25, 0.3) is 0 Å². The van der Waals surface area contributed by atoms with Crippen molar-refractivity contribution in [2.45, 2.75) is 72.6 Å². The largest absolute Gasteiger partial charge is 0.0750 e. The van der Waals surface area contributed by atoms with Gasteiger partial charge in [-0.3, -0.25) is 0 Å². The summed E-state index contributed by atoms with van der Waals surface area (Å²) in [6.07, 6.45) is 12.7. The molecule has 0 nitrogen and oxygen atoms in total. The highest BCUT2D eigenvalue weighted by molar-refractivity contribution is 7.65. The molecule has 1 aromatic carbocycles. The van der Waals surface area contributed by atoms with Gasteiger partial charge < -0.3 is 0 Å². The SMILES string of the molecule is CCCCCCP(CCCCC)c1cccc(C)c1C. The number of benzene rings is 1. The van der Waals surface area contributed by atoms with Gasteiger partial charge in [0.2, 0.25) is 0 Å². The molecule has 0 aliphatic heterocycles. The Morgan fingerprint density at radius 2 is 1.40 bits per heavy atom. The Hall–Kier alpha value is -0.350. The number of aryl methyl sites for hydroxylation is 1. The minimum atomic E-state index is 0.0790. The van der Waals surface area contributed by atoms with Gasteiger partial charge in [-0.25, -0.2) is 0 Å². The molecule has 0 aliphatic rings. The average molecular weight is 292 g/mol. The van der Waals surface area contributed by atoms with Crippen LogP contribution in [0, 0.1) is 13.8 Å². The van der Waals surface area contributed by atoms with Gasteiger partial charge >= 0.3 is 0 Å². The van der Waals surface area contributed by atoms with Crippen LogP contribution in [-0.2, 0) is 0 Å². The Kier molecular flexibility index (Phi) is 9.19. The third-order valence-electron chi connectivity index (χ3n) is 4.23. The molecule has 0 amide bonds. The third-order valence-corrected chi connectivity index (χ3v) is 7.11. The van der Waals surface area contributed by atoms with E-state index in [1.165, 1.54) is 62.8 Å². The molecular weight excluding hydrogens is 259 g/mol. The molecule has 1 heteroatoms. The molecule has 1 unspecified atom stereocenters. The van der Waals surface area contributed by atoms with Gasteiger partial charge in [0, 0.05) is 0 Å². The van der Waals surface area contributed by atoms with Gasteiger partial charge in [0.05, 0.1) is 0 Å². The zero-order valence-electron chi connectivity index (χ0n) is 14.0. The normalized spacial score (nSPS) is 12.6. The van der Waals surface area contributed by atoms with Gasteiger partial charge in [-0.15, -0.1) is 0 Å². The highest BCUT2D eigenvalue weighted by Crippen LogP contribution is 2.38. The van der Waals surface area contributed by atoms with E-state index in [-0.39, 0.29) is 7.92 Å². The predicted molar refractivity (Wildman–Crippen MR) is 95.9 cm³/mol. The van der Waals surface area contributed by atoms with E-state index in [2.05, 4.69) is 45.9 Å². The van der Waals surface area contributed by atoms with Gasteiger partial charge in [-0.2, -0.15) is 0 Å². The molecule has 1 aromatic rings. The lowest BCUT2D eigenvalue weighted by Crippen LogP contribution is -2.11. The van der Waals surface area contributed by atoms with Crippen molar-refractivity contribution in [2.24, 2.45) is 0 Å². The second-order valence-corrected chi connectivity index (χ2v) is 8.43. The first-order valence-electron chi connectivity index (χ1n) is 8.51. The smallest absolute Gasteiger partial charge is 0.0209 e. The quantitative estimate of drug-likeness (QED) is 0.357. The van der Waals surface area contributed by atoms with Crippen molar-refractivity contribution in [3.63, 3.8) is 0 Å². The van der Waals surface area contributed by atoms with Crippen LogP contribution in [0.3, 0.4) is 0 Å². The Bertz CT molecular complexity index is 370. The van der Waals surface area contributed by atoms with Crippen LogP contribution in [0.1, 0.15) is 69.9 Å². The van der Waals surface area contributed by atoms with E-state index < -0.39 is 0 Å². The summed E-state index contributed by atoms with van der Waals surface area (Å²) in [5.41, 5.74) is 3.03. The lowest BCUT2D eigenvalue weighted by atomic mass is 10.1. The Morgan fingerprint density at radius 1 is 0.800 bits per heavy atom. The maximum absolute atomic E-state index is 2.40. The molecule has 0 aromatic heterocycles. The Labute approximate surface area is 128 Å². The zero-order valence-corrected chi connectivity index (χ0v) is 14.9. The van der Waals surface area contributed by atoms with Crippen LogP contribution in [0.25, 0.3) is 0 Å². The van der Waals surface area contributed by atoms with Crippen LogP contribution in [-0.4, -0.2) is 12.3 Å². The summed E-state index contributed by atoms with van der Waals surface area (Å²) in [6.45, 7) is 9.19. The highest BCUT2D eigenvalue weighted by Gasteiger charge is 2.13. The summed E-state index contributed by atoms with van der Waals surface area (Å²) < 4.78 is 0. The number of hydrogen-bond acceptors (Lipinski definition) is 0. The lowest BCUT2D eigenvalue weighted by Gasteiger charge is -2.21. The van der Waals surface area contributed by atoms with E-state index in [1.54, 1.807) is 10.9 Å². The van der Waals surface area contributed by atoms with Crippen molar-refractivity contribution in [3.05, 3.63) is 29.3 Å². The summed E-state index contributed by atoms with van der Waals surface area (Å²) in [5.74, 6) is 0. The lowest BCUT2D eigenvalue weighted by molar-refractivity contribution is 0.704. The fraction of sp³-hybridized carbons (Fsp3) is 0.684. The van der Waals surface area contributed by atoms with Gasteiger partial charge in [-0.05, 0) is 55.4 Å².